The fourth-order valence-electron chi connectivity index (χ4n) is 2.02. The average Bonchev–Trinajstić information content (AvgIpc) is 2.58. The second-order valence-electron chi connectivity index (χ2n) is 5.77. The van der Waals surface area contributed by atoms with Gasteiger partial charge in [-0.2, -0.15) is 0 Å². The van der Waals surface area contributed by atoms with Crippen LogP contribution in [0.25, 0.3) is 0 Å². The third-order valence-electron chi connectivity index (χ3n) is 3.28. The zero-order valence-corrected chi connectivity index (χ0v) is 16.7. The van der Waals surface area contributed by atoms with Gasteiger partial charge in [-0.1, -0.05) is 17.8 Å². The number of hydrogen-bond acceptors (Lipinski definition) is 8. The Balaban J connectivity index is 2.23. The molecular formula is C16H21FN4O4S2. The van der Waals surface area contributed by atoms with Crippen molar-refractivity contribution < 1.29 is 22.7 Å². The van der Waals surface area contributed by atoms with Gasteiger partial charge in [0, 0.05) is 23.9 Å². The summed E-state index contributed by atoms with van der Waals surface area (Å²) in [5.74, 6) is 0.668. The summed E-state index contributed by atoms with van der Waals surface area (Å²) in [6, 6.07) is 5.67. The van der Waals surface area contributed by atoms with Gasteiger partial charge in [0.25, 0.3) is 0 Å². The molecule has 1 aromatic carbocycles. The van der Waals surface area contributed by atoms with Gasteiger partial charge in [-0.25, -0.2) is 22.8 Å². The summed E-state index contributed by atoms with van der Waals surface area (Å²) in [4.78, 5) is 8.42. The molecule has 0 saturated carbocycles. The molecule has 2 aromatic rings. The highest BCUT2D eigenvalue weighted by molar-refractivity contribution is 7.98. The van der Waals surface area contributed by atoms with Gasteiger partial charge in [0.15, 0.2) is 5.16 Å². The first kappa shape index (κ1) is 21.2. The van der Waals surface area contributed by atoms with Gasteiger partial charge in [0.1, 0.15) is 23.2 Å². The van der Waals surface area contributed by atoms with E-state index in [-0.39, 0.29) is 29.4 Å². The van der Waals surface area contributed by atoms with Crippen molar-refractivity contribution >= 4 is 33.4 Å². The monoisotopic (exact) mass is 416 g/mol. The predicted molar refractivity (Wildman–Crippen MR) is 103 cm³/mol. The van der Waals surface area contributed by atoms with Crippen LogP contribution < -0.4 is 14.8 Å². The minimum atomic E-state index is -3.53. The predicted octanol–water partition coefficient (Wildman–Crippen LogP) is 2.08. The molecule has 1 atom stereocenters. The van der Waals surface area contributed by atoms with Gasteiger partial charge in [0.2, 0.25) is 10.0 Å². The molecule has 11 heteroatoms. The van der Waals surface area contributed by atoms with Crippen molar-refractivity contribution in [3.63, 3.8) is 0 Å². The quantitative estimate of drug-likeness (QED) is 0.421. The van der Waals surface area contributed by atoms with Gasteiger partial charge in [-0.05, 0) is 18.6 Å². The van der Waals surface area contributed by atoms with E-state index in [0.29, 0.717) is 17.1 Å². The molecule has 0 aliphatic heterocycles. The molecule has 0 aliphatic carbocycles. The maximum atomic E-state index is 14.1. The van der Waals surface area contributed by atoms with Crippen LogP contribution in [0.2, 0.25) is 0 Å². The third kappa shape index (κ3) is 6.85. The van der Waals surface area contributed by atoms with Crippen LogP contribution >= 0.6 is 11.8 Å². The lowest BCUT2D eigenvalue weighted by Gasteiger charge is -2.14. The molecule has 0 unspecified atom stereocenters. The van der Waals surface area contributed by atoms with Crippen molar-refractivity contribution in [1.29, 1.82) is 0 Å². The number of thioether (sulfide) groups is 1. The van der Waals surface area contributed by atoms with E-state index in [9.17, 15) is 17.9 Å². The zero-order valence-electron chi connectivity index (χ0n) is 15.1. The van der Waals surface area contributed by atoms with Crippen molar-refractivity contribution in [2.24, 2.45) is 0 Å². The van der Waals surface area contributed by atoms with Gasteiger partial charge in [0.05, 0.1) is 20.0 Å². The number of hydrogen-bond donors (Lipinski definition) is 3. The summed E-state index contributed by atoms with van der Waals surface area (Å²) >= 11 is 1.15. The molecule has 0 amide bonds. The van der Waals surface area contributed by atoms with Crippen LogP contribution in [0.15, 0.2) is 29.4 Å². The van der Waals surface area contributed by atoms with Gasteiger partial charge >= 0.3 is 0 Å². The van der Waals surface area contributed by atoms with E-state index in [0.717, 1.165) is 18.0 Å². The van der Waals surface area contributed by atoms with E-state index >= 15 is 0 Å². The Morgan fingerprint density at radius 1 is 1.30 bits per heavy atom. The second kappa shape index (κ2) is 9.20. The topological polar surface area (TPSA) is 113 Å². The van der Waals surface area contributed by atoms with Gasteiger partial charge in [-0.15, -0.1) is 0 Å². The van der Waals surface area contributed by atoms with Gasteiger partial charge < -0.3 is 15.2 Å². The van der Waals surface area contributed by atoms with Crippen LogP contribution in [-0.4, -0.2) is 49.5 Å². The van der Waals surface area contributed by atoms with Gasteiger partial charge in [-0.3, -0.25) is 4.72 Å². The number of nitrogens with zero attached hydrogens (tertiary/aromatic N) is 2. The highest BCUT2D eigenvalue weighted by Gasteiger charge is 2.12. The molecule has 3 N–H and O–H groups in total. The zero-order chi connectivity index (χ0) is 20.0. The number of rotatable bonds is 9. The lowest BCUT2D eigenvalue weighted by Crippen LogP contribution is -2.21. The number of ether oxygens (including phenoxy) is 1. The van der Waals surface area contributed by atoms with Crippen molar-refractivity contribution in [2.45, 2.75) is 23.9 Å². The summed E-state index contributed by atoms with van der Waals surface area (Å²) in [6.45, 7) is 1.61. The molecule has 2 rings (SSSR count). The first-order chi connectivity index (χ1) is 12.7. The average molecular weight is 417 g/mol. The van der Waals surface area contributed by atoms with Crippen molar-refractivity contribution in [1.82, 2.24) is 9.97 Å². The molecule has 0 bridgehead atoms. The van der Waals surface area contributed by atoms with Crippen LogP contribution in [-0.2, 0) is 15.8 Å². The summed E-state index contributed by atoms with van der Waals surface area (Å²) in [6.07, 6.45) is 1.01. The molecule has 148 valence electrons. The minimum Gasteiger partial charge on any atom is -0.497 e. The molecule has 1 aromatic heterocycles. The van der Waals surface area contributed by atoms with E-state index < -0.39 is 15.8 Å². The number of aliphatic hydroxyl groups excluding tert-OH is 1. The lowest BCUT2D eigenvalue weighted by molar-refractivity contribution is 0.281. The van der Waals surface area contributed by atoms with Crippen LogP contribution in [0.5, 0.6) is 5.75 Å². The summed E-state index contributed by atoms with van der Waals surface area (Å²) < 4.78 is 44.3. The molecule has 1 heterocycles. The fraction of sp³-hybridized carbons (Fsp3) is 0.375. The first-order valence-corrected chi connectivity index (χ1v) is 10.8. The third-order valence-corrected chi connectivity index (χ3v) is 4.76. The SMILES string of the molecule is COc1ccc(CSc2nc(N[C@H](C)CO)cc(NS(C)(=O)=O)n2)c(F)c1. The van der Waals surface area contributed by atoms with Crippen LogP contribution in [0.4, 0.5) is 16.0 Å². The Bertz CT molecular complexity index is 896. The summed E-state index contributed by atoms with van der Waals surface area (Å²) in [5, 5.41) is 12.4. The molecule has 0 fully saturated rings. The number of halogens is 1. The Morgan fingerprint density at radius 2 is 2.00 bits per heavy atom. The number of sulfonamides is 1. The van der Waals surface area contributed by atoms with E-state index in [1.54, 1.807) is 19.1 Å². The second-order valence-corrected chi connectivity index (χ2v) is 8.46. The van der Waals surface area contributed by atoms with E-state index in [1.165, 1.54) is 19.2 Å². The number of anilines is 2. The van der Waals surface area contributed by atoms with E-state index in [2.05, 4.69) is 20.0 Å². The normalized spacial score (nSPS) is 12.5. The number of aliphatic hydroxyl groups is 1. The van der Waals surface area contributed by atoms with Crippen LogP contribution in [0, 0.1) is 5.82 Å². The summed E-state index contributed by atoms with van der Waals surface area (Å²) in [7, 11) is -2.07. The maximum Gasteiger partial charge on any atom is 0.230 e. The standard InChI is InChI=1S/C16H21FN4O4S2/c1-10(8-22)18-14-7-15(21-27(3,23)24)20-16(19-14)26-9-11-4-5-12(25-2)6-13(11)17/h4-7,10,22H,8-9H2,1-3H3,(H2,18,19,20,21)/t10-/m1/s1. The van der Waals surface area contributed by atoms with E-state index in [4.69, 9.17) is 4.74 Å². The molecule has 0 spiro atoms. The molecule has 0 saturated heterocycles. The molecule has 0 radical (unpaired) electrons. The Morgan fingerprint density at radius 3 is 2.59 bits per heavy atom. The molecular weight excluding hydrogens is 395 g/mol. The van der Waals surface area contributed by atoms with E-state index in [1.807, 2.05) is 0 Å². The fourth-order valence-corrected chi connectivity index (χ4v) is 3.35. The highest BCUT2D eigenvalue weighted by atomic mass is 32.2. The van der Waals surface area contributed by atoms with Crippen LogP contribution in [0.3, 0.4) is 0 Å². The highest BCUT2D eigenvalue weighted by Crippen LogP contribution is 2.26. The maximum absolute atomic E-state index is 14.1. The summed E-state index contributed by atoms with van der Waals surface area (Å²) in [5.41, 5.74) is 0.434. The lowest BCUT2D eigenvalue weighted by atomic mass is 10.2. The number of aromatic nitrogens is 2. The molecule has 27 heavy (non-hydrogen) atoms. The minimum absolute atomic E-state index is 0.0813. The first-order valence-electron chi connectivity index (χ1n) is 7.89. The smallest absolute Gasteiger partial charge is 0.230 e. The number of methoxy groups -OCH3 is 1. The Labute approximate surface area is 161 Å². The van der Waals surface area contributed by atoms with Crippen LogP contribution in [0.1, 0.15) is 12.5 Å². The largest absolute Gasteiger partial charge is 0.497 e. The van der Waals surface area contributed by atoms with Crippen molar-refractivity contribution in [2.75, 3.05) is 30.0 Å². The Kier molecular flexibility index (Phi) is 7.22. The van der Waals surface area contributed by atoms with Crippen molar-refractivity contribution in [3.05, 3.63) is 35.6 Å². The molecule has 8 nitrogen and oxygen atoms in total. The van der Waals surface area contributed by atoms with Crippen molar-refractivity contribution in [3.8, 4) is 5.75 Å². The molecule has 0 aliphatic rings. The number of nitrogens with one attached hydrogen (secondary N) is 2. The Hall–Kier alpha value is -2.11. The number of benzene rings is 1.